The molecule has 0 heterocycles. The first-order chi connectivity index (χ1) is 5.85. The smallest absolute Gasteiger partial charge is 0.0745 e. The second-order valence-electron chi connectivity index (χ2n) is 2.21. The van der Waals surface area contributed by atoms with Crippen LogP contribution in [0.25, 0.3) is 0 Å². The molecule has 2 N–H and O–H groups in total. The number of nitrogens with one attached hydrogen (secondary N) is 2. The lowest BCUT2D eigenvalue weighted by molar-refractivity contribution is 1.27. The summed E-state index contributed by atoms with van der Waals surface area (Å²) in [7, 11) is 3.06. The summed E-state index contributed by atoms with van der Waals surface area (Å²) in [5, 5.41) is 2.97. The van der Waals surface area contributed by atoms with Gasteiger partial charge in [0, 0.05) is 5.69 Å². The average Bonchev–Trinajstić information content (AvgIpc) is 2.08. The van der Waals surface area contributed by atoms with Crippen LogP contribution < -0.4 is 10.3 Å². The van der Waals surface area contributed by atoms with Crippen molar-refractivity contribution >= 4 is 16.1 Å². The van der Waals surface area contributed by atoms with E-state index >= 15 is 0 Å². The molecule has 0 radical (unpaired) electrons. The molecule has 0 saturated carbocycles. The van der Waals surface area contributed by atoms with Gasteiger partial charge in [-0.1, -0.05) is 24.8 Å². The SMILES string of the molecule is C=CNc1ccccc1.CN[SiH3]. The Bertz CT molecular complexity index is 199. The van der Waals surface area contributed by atoms with Gasteiger partial charge < -0.3 is 10.3 Å². The second-order valence-corrected chi connectivity index (χ2v) is 3.21. The van der Waals surface area contributed by atoms with Gasteiger partial charge in [0.05, 0.1) is 10.4 Å². The van der Waals surface area contributed by atoms with E-state index in [1.54, 1.807) is 6.20 Å². The standard InChI is InChI=1S/C8H9N.CH7NSi/c1-2-9-8-6-4-3-5-7-8;1-2-3/h2-7,9H,1H2;2H,1,3H3. The Morgan fingerprint density at radius 1 is 1.33 bits per heavy atom. The largest absolute Gasteiger partial charge is 0.362 e. The van der Waals surface area contributed by atoms with Crippen LogP contribution in [-0.2, 0) is 0 Å². The highest BCUT2D eigenvalue weighted by Crippen LogP contribution is 2.03. The summed E-state index contributed by atoms with van der Waals surface area (Å²) < 4.78 is 0. The van der Waals surface area contributed by atoms with E-state index in [1.807, 2.05) is 37.4 Å². The van der Waals surface area contributed by atoms with Crippen LogP contribution in [0.2, 0.25) is 0 Å². The van der Waals surface area contributed by atoms with Gasteiger partial charge in [-0.3, -0.25) is 0 Å². The van der Waals surface area contributed by atoms with Gasteiger partial charge in [0.15, 0.2) is 0 Å². The highest BCUT2D eigenvalue weighted by atomic mass is 28.2. The lowest BCUT2D eigenvalue weighted by Gasteiger charge is -1.95. The summed E-state index contributed by atoms with van der Waals surface area (Å²) in [6.45, 7) is 3.54. The number of benzene rings is 1. The Morgan fingerprint density at radius 2 is 1.83 bits per heavy atom. The fourth-order valence-electron chi connectivity index (χ4n) is 0.652. The molecule has 1 rings (SSSR count). The maximum absolute atomic E-state index is 3.54. The fourth-order valence-corrected chi connectivity index (χ4v) is 0.652. The summed E-state index contributed by atoms with van der Waals surface area (Å²) in [6, 6.07) is 9.91. The molecule has 0 fully saturated rings. The van der Waals surface area contributed by atoms with Crippen molar-refractivity contribution in [3.05, 3.63) is 43.1 Å². The van der Waals surface area contributed by atoms with Crippen LogP contribution in [-0.4, -0.2) is 17.5 Å². The number of para-hydroxylation sites is 1. The van der Waals surface area contributed by atoms with Crippen LogP contribution >= 0.6 is 0 Å². The molecule has 0 aliphatic rings. The summed E-state index contributed by atoms with van der Waals surface area (Å²) >= 11 is 0. The van der Waals surface area contributed by atoms with E-state index in [-0.39, 0.29) is 0 Å². The van der Waals surface area contributed by atoms with Gasteiger partial charge in [-0.15, -0.1) is 0 Å². The summed E-state index contributed by atoms with van der Waals surface area (Å²) in [5.41, 5.74) is 1.08. The van der Waals surface area contributed by atoms with Crippen LogP contribution in [0.1, 0.15) is 0 Å². The molecular formula is C9H16N2Si. The minimum atomic E-state index is 1.08. The fraction of sp³-hybridized carbons (Fsp3) is 0.111. The Balaban J connectivity index is 0.000000354. The van der Waals surface area contributed by atoms with E-state index in [4.69, 9.17) is 0 Å². The van der Waals surface area contributed by atoms with Crippen LogP contribution in [0.15, 0.2) is 43.1 Å². The molecule has 0 saturated heterocycles. The van der Waals surface area contributed by atoms with E-state index in [2.05, 4.69) is 16.9 Å². The first-order valence-corrected chi connectivity index (χ1v) is 4.86. The van der Waals surface area contributed by atoms with Gasteiger partial charge in [0.25, 0.3) is 0 Å². The third-order valence-corrected chi connectivity index (χ3v) is 1.04. The predicted octanol–water partition coefficient (Wildman–Crippen LogP) is 0.728. The molecule has 66 valence electrons. The van der Waals surface area contributed by atoms with Gasteiger partial charge in [-0.2, -0.15) is 0 Å². The van der Waals surface area contributed by atoms with Crippen molar-refractivity contribution in [1.29, 1.82) is 0 Å². The molecule has 0 aromatic heterocycles. The van der Waals surface area contributed by atoms with Crippen LogP contribution in [0.4, 0.5) is 5.69 Å². The summed E-state index contributed by atoms with van der Waals surface area (Å²) in [6.07, 6.45) is 1.66. The topological polar surface area (TPSA) is 24.1 Å². The first-order valence-electron chi connectivity index (χ1n) is 3.86. The number of rotatable bonds is 2. The number of anilines is 1. The van der Waals surface area contributed by atoms with E-state index in [1.165, 1.54) is 0 Å². The highest BCUT2D eigenvalue weighted by molar-refractivity contribution is 6.04. The van der Waals surface area contributed by atoms with Crippen LogP contribution in [0, 0.1) is 0 Å². The van der Waals surface area contributed by atoms with Gasteiger partial charge in [-0.25, -0.2) is 0 Å². The van der Waals surface area contributed by atoms with Gasteiger partial charge in [0.1, 0.15) is 0 Å². The zero-order chi connectivity index (χ0) is 9.23. The van der Waals surface area contributed by atoms with Crippen molar-refractivity contribution in [3.8, 4) is 0 Å². The van der Waals surface area contributed by atoms with Crippen LogP contribution in [0.5, 0.6) is 0 Å². The Hall–Kier alpha value is -1.06. The molecular weight excluding hydrogens is 164 g/mol. The molecule has 0 bridgehead atoms. The first kappa shape index (κ1) is 10.9. The molecule has 0 unspecified atom stereocenters. The van der Waals surface area contributed by atoms with Crippen LogP contribution in [0.3, 0.4) is 0 Å². The predicted molar refractivity (Wildman–Crippen MR) is 59.3 cm³/mol. The molecule has 0 spiro atoms. The zero-order valence-electron chi connectivity index (χ0n) is 7.67. The van der Waals surface area contributed by atoms with Gasteiger partial charge in [-0.05, 0) is 25.4 Å². The molecule has 0 aliphatic heterocycles. The molecule has 0 amide bonds. The molecule has 0 aliphatic carbocycles. The molecule has 0 atom stereocenters. The van der Waals surface area contributed by atoms with E-state index < -0.39 is 0 Å². The lowest BCUT2D eigenvalue weighted by Crippen LogP contribution is -1.93. The molecule has 1 aromatic carbocycles. The third kappa shape index (κ3) is 5.70. The van der Waals surface area contributed by atoms with Gasteiger partial charge in [0.2, 0.25) is 0 Å². The van der Waals surface area contributed by atoms with Crippen molar-refractivity contribution in [2.24, 2.45) is 0 Å². The maximum Gasteiger partial charge on any atom is 0.0745 e. The second kappa shape index (κ2) is 8.04. The van der Waals surface area contributed by atoms with Crippen molar-refractivity contribution < 1.29 is 0 Å². The van der Waals surface area contributed by atoms with Crippen molar-refractivity contribution in [2.75, 3.05) is 12.4 Å². The monoisotopic (exact) mass is 180 g/mol. The lowest BCUT2D eigenvalue weighted by atomic mass is 10.3. The Labute approximate surface area is 77.2 Å². The molecule has 3 heteroatoms. The summed E-state index contributed by atoms with van der Waals surface area (Å²) in [4.78, 5) is 2.89. The van der Waals surface area contributed by atoms with Gasteiger partial charge >= 0.3 is 0 Å². The summed E-state index contributed by atoms with van der Waals surface area (Å²) in [5.74, 6) is 0. The molecule has 12 heavy (non-hydrogen) atoms. The van der Waals surface area contributed by atoms with Crippen molar-refractivity contribution in [3.63, 3.8) is 0 Å². The van der Waals surface area contributed by atoms with E-state index in [0.29, 0.717) is 0 Å². The molecule has 2 nitrogen and oxygen atoms in total. The quantitative estimate of drug-likeness (QED) is 0.656. The zero-order valence-corrected chi connectivity index (χ0v) is 9.67. The van der Waals surface area contributed by atoms with Crippen molar-refractivity contribution in [2.45, 2.75) is 0 Å². The number of hydrogen-bond donors (Lipinski definition) is 2. The normalized spacial score (nSPS) is 8.08. The third-order valence-electron chi connectivity index (χ3n) is 1.04. The minimum Gasteiger partial charge on any atom is -0.362 e. The highest BCUT2D eigenvalue weighted by Gasteiger charge is 1.79. The van der Waals surface area contributed by atoms with E-state index in [0.717, 1.165) is 16.1 Å². The Morgan fingerprint density at radius 3 is 2.25 bits per heavy atom. The molecule has 1 aromatic rings. The maximum atomic E-state index is 3.54. The Kier molecular flexibility index (Phi) is 7.33. The van der Waals surface area contributed by atoms with E-state index in [9.17, 15) is 0 Å². The number of hydrogen-bond acceptors (Lipinski definition) is 2. The average molecular weight is 180 g/mol. The minimum absolute atomic E-state index is 1.08. The van der Waals surface area contributed by atoms with Crippen molar-refractivity contribution in [1.82, 2.24) is 4.98 Å².